The number of nitrogens with one attached hydrogen (secondary N) is 2. The second-order valence-corrected chi connectivity index (χ2v) is 6.40. The van der Waals surface area contributed by atoms with Crippen LogP contribution in [0.5, 0.6) is 0 Å². The molecule has 1 atom stereocenters. The van der Waals surface area contributed by atoms with Gasteiger partial charge in [-0.3, -0.25) is 14.8 Å². The van der Waals surface area contributed by atoms with Gasteiger partial charge in [-0.25, -0.2) is 15.4 Å². The molecule has 0 saturated carbocycles. The number of aromatic nitrogens is 3. The fourth-order valence-corrected chi connectivity index (χ4v) is 3.00. The summed E-state index contributed by atoms with van der Waals surface area (Å²) < 4.78 is 38.1. The summed E-state index contributed by atoms with van der Waals surface area (Å²) in [5.41, 5.74) is 2.94. The third kappa shape index (κ3) is 4.50. The van der Waals surface area contributed by atoms with Crippen molar-refractivity contribution in [2.45, 2.75) is 45.8 Å². The quantitative estimate of drug-likeness (QED) is 0.838. The molecule has 0 bridgehead atoms. The molecule has 0 spiro atoms. The Hall–Kier alpha value is -2.20. The van der Waals surface area contributed by atoms with Gasteiger partial charge in [0.2, 0.25) is 5.95 Å². The van der Waals surface area contributed by atoms with Crippen LogP contribution >= 0.6 is 11.3 Å². The highest BCUT2D eigenvalue weighted by atomic mass is 32.1. The van der Waals surface area contributed by atoms with Crippen molar-refractivity contribution in [2.75, 3.05) is 5.01 Å². The first-order chi connectivity index (χ1) is 12.2. The van der Waals surface area contributed by atoms with Gasteiger partial charge in [-0.15, -0.1) is 11.3 Å². The van der Waals surface area contributed by atoms with Gasteiger partial charge in [0, 0.05) is 17.6 Å². The van der Waals surface area contributed by atoms with Crippen molar-refractivity contribution < 1.29 is 13.2 Å². The van der Waals surface area contributed by atoms with Gasteiger partial charge in [0.15, 0.2) is 0 Å². The van der Waals surface area contributed by atoms with Gasteiger partial charge in [-0.1, -0.05) is 27.7 Å². The fourth-order valence-electron chi connectivity index (χ4n) is 2.06. The number of rotatable bonds is 3. The van der Waals surface area contributed by atoms with Crippen LogP contribution in [0.2, 0.25) is 0 Å². The van der Waals surface area contributed by atoms with Crippen molar-refractivity contribution in [2.24, 2.45) is 0 Å². The number of hydrogen-bond acceptors (Lipinski definition) is 6. The van der Waals surface area contributed by atoms with Gasteiger partial charge in [0.25, 0.3) is 5.56 Å². The molecule has 2 aromatic heterocycles. The molecule has 6 nitrogen and oxygen atoms in total. The topological polar surface area (TPSA) is 73.9 Å². The Balaban J connectivity index is 0.00000117. The predicted octanol–water partition coefficient (Wildman–Crippen LogP) is 3.81. The van der Waals surface area contributed by atoms with Gasteiger partial charge in [0.05, 0.1) is 5.69 Å². The average Bonchev–Trinajstić information content (AvgIpc) is 3.25. The van der Waals surface area contributed by atoms with Crippen molar-refractivity contribution in [3.63, 3.8) is 0 Å². The highest BCUT2D eigenvalue weighted by Gasteiger charge is 2.41. The Kier molecular flexibility index (Phi) is 6.19. The minimum atomic E-state index is -4.43. The molecule has 0 saturated heterocycles. The second-order valence-electron chi connectivity index (χ2n) is 5.55. The summed E-state index contributed by atoms with van der Waals surface area (Å²) in [5.74, 6) is 0.203. The Morgan fingerprint density at radius 3 is 2.50 bits per heavy atom. The van der Waals surface area contributed by atoms with Gasteiger partial charge in [-0.05, 0) is 12.0 Å². The normalized spacial score (nSPS) is 16.8. The third-order valence-electron chi connectivity index (χ3n) is 3.35. The van der Waals surface area contributed by atoms with E-state index in [0.29, 0.717) is 10.7 Å². The number of aromatic amines is 1. The third-order valence-corrected chi connectivity index (χ3v) is 4.23. The van der Waals surface area contributed by atoms with E-state index in [9.17, 15) is 18.0 Å². The molecular formula is C16H20F3N5OS. The molecule has 26 heavy (non-hydrogen) atoms. The molecule has 2 N–H and O–H groups in total. The molecule has 3 heterocycles. The molecule has 0 aliphatic carbocycles. The smallest absolute Gasteiger partial charge is 0.291 e. The average molecular weight is 387 g/mol. The molecule has 0 fully saturated rings. The Morgan fingerprint density at radius 2 is 1.96 bits per heavy atom. The summed E-state index contributed by atoms with van der Waals surface area (Å²) in [6.07, 6.45) is -2.29. The van der Waals surface area contributed by atoms with E-state index in [0.717, 1.165) is 16.8 Å². The van der Waals surface area contributed by atoms with Crippen molar-refractivity contribution in [3.8, 4) is 10.7 Å². The van der Waals surface area contributed by atoms with Gasteiger partial charge >= 0.3 is 6.18 Å². The van der Waals surface area contributed by atoms with Crippen LogP contribution in [0.15, 0.2) is 28.5 Å². The Bertz CT molecular complexity index is 828. The lowest BCUT2D eigenvalue weighted by atomic mass is 10.2. The molecule has 3 rings (SSSR count). The van der Waals surface area contributed by atoms with Crippen LogP contribution in [-0.4, -0.2) is 27.2 Å². The van der Waals surface area contributed by atoms with Crippen LogP contribution in [0.25, 0.3) is 10.7 Å². The highest BCUT2D eigenvalue weighted by molar-refractivity contribution is 7.13. The molecule has 0 amide bonds. The van der Waals surface area contributed by atoms with Crippen molar-refractivity contribution >= 4 is 17.3 Å². The molecule has 0 radical (unpaired) electrons. The second kappa shape index (κ2) is 8.00. The number of nitrogens with zero attached hydrogens (tertiary/aromatic N) is 3. The SMILES string of the molecule is CC.CC(C)c1csc(-c2cc(=O)[nH]c(N3C=CC(C(F)(F)F)N3)n2)n1. The maximum atomic E-state index is 12.7. The molecule has 1 unspecified atom stereocenters. The Labute approximate surface area is 152 Å². The van der Waals surface area contributed by atoms with E-state index in [2.05, 4.69) is 20.4 Å². The van der Waals surface area contributed by atoms with Crippen LogP contribution in [0.4, 0.5) is 19.1 Å². The first-order valence-electron chi connectivity index (χ1n) is 8.11. The minimum Gasteiger partial charge on any atom is -0.291 e. The van der Waals surface area contributed by atoms with Gasteiger partial charge in [-0.2, -0.15) is 13.2 Å². The first-order valence-corrected chi connectivity index (χ1v) is 8.99. The van der Waals surface area contributed by atoms with Crippen LogP contribution in [0.3, 0.4) is 0 Å². The Morgan fingerprint density at radius 1 is 1.27 bits per heavy atom. The minimum absolute atomic E-state index is 0.0261. The lowest BCUT2D eigenvalue weighted by Crippen LogP contribution is -2.44. The number of hydrogen-bond donors (Lipinski definition) is 2. The maximum Gasteiger partial charge on any atom is 0.409 e. The van der Waals surface area contributed by atoms with E-state index in [-0.39, 0.29) is 11.9 Å². The van der Waals surface area contributed by atoms with E-state index in [1.54, 1.807) is 0 Å². The summed E-state index contributed by atoms with van der Waals surface area (Å²) in [5, 5.41) is 3.46. The maximum absolute atomic E-state index is 12.7. The summed E-state index contributed by atoms with van der Waals surface area (Å²) in [6.45, 7) is 7.98. The van der Waals surface area contributed by atoms with E-state index >= 15 is 0 Å². The number of halogens is 3. The lowest BCUT2D eigenvalue weighted by molar-refractivity contribution is -0.142. The van der Waals surface area contributed by atoms with E-state index < -0.39 is 17.8 Å². The lowest BCUT2D eigenvalue weighted by Gasteiger charge is -2.20. The van der Waals surface area contributed by atoms with Gasteiger partial charge in [0.1, 0.15) is 16.7 Å². The largest absolute Gasteiger partial charge is 0.409 e. The molecule has 142 valence electrons. The summed E-state index contributed by atoms with van der Waals surface area (Å²) in [6, 6.07) is -0.549. The molecule has 10 heteroatoms. The first kappa shape index (κ1) is 20.1. The van der Waals surface area contributed by atoms with Crippen molar-refractivity contribution in [3.05, 3.63) is 39.8 Å². The molecular weight excluding hydrogens is 367 g/mol. The summed E-state index contributed by atoms with van der Waals surface area (Å²) in [7, 11) is 0. The highest BCUT2D eigenvalue weighted by Crippen LogP contribution is 2.27. The molecule has 0 aromatic carbocycles. The van der Waals surface area contributed by atoms with Crippen LogP contribution in [0, 0.1) is 0 Å². The summed E-state index contributed by atoms with van der Waals surface area (Å²) in [4.78, 5) is 22.9. The molecule has 1 aliphatic heterocycles. The summed E-state index contributed by atoms with van der Waals surface area (Å²) >= 11 is 1.33. The number of thiazole rings is 1. The predicted molar refractivity (Wildman–Crippen MR) is 96.0 cm³/mol. The van der Waals surface area contributed by atoms with Crippen LogP contribution < -0.4 is 16.0 Å². The fraction of sp³-hybridized carbons (Fsp3) is 0.438. The number of H-pyrrole nitrogens is 1. The zero-order chi connectivity index (χ0) is 19.5. The van der Waals surface area contributed by atoms with E-state index in [1.165, 1.54) is 23.6 Å². The van der Waals surface area contributed by atoms with Gasteiger partial charge < -0.3 is 0 Å². The van der Waals surface area contributed by atoms with E-state index in [4.69, 9.17) is 0 Å². The van der Waals surface area contributed by atoms with Crippen molar-refractivity contribution in [1.82, 2.24) is 20.4 Å². The monoisotopic (exact) mass is 387 g/mol. The molecule has 1 aliphatic rings. The van der Waals surface area contributed by atoms with Crippen LogP contribution in [-0.2, 0) is 0 Å². The number of hydrazine groups is 1. The van der Waals surface area contributed by atoms with Crippen LogP contribution in [0.1, 0.15) is 39.3 Å². The zero-order valence-corrected chi connectivity index (χ0v) is 15.6. The van der Waals surface area contributed by atoms with Crippen molar-refractivity contribution in [1.29, 1.82) is 0 Å². The molecule has 2 aromatic rings. The standard InChI is InChI=1S/C14H14F3N5OS.C2H6/c1-7(2)9-6-24-12(18-9)8-5-11(23)20-13(19-8)22-4-3-10(21-22)14(15,16)17;1-2/h3-7,10,21H,1-2H3,(H,19,20,23);1-2H3. The van der Waals surface area contributed by atoms with E-state index in [1.807, 2.05) is 33.1 Å². The number of alkyl halides is 3. The zero-order valence-electron chi connectivity index (χ0n) is 14.8. The number of anilines is 1.